The highest BCUT2D eigenvalue weighted by Crippen LogP contribution is 2.20. The lowest BCUT2D eigenvalue weighted by molar-refractivity contribution is -0.145. The average molecular weight is 522 g/mol. The van der Waals surface area contributed by atoms with Crippen molar-refractivity contribution in [3.8, 4) is 5.75 Å². The molecule has 206 valence electrons. The van der Waals surface area contributed by atoms with Crippen molar-refractivity contribution in [2.45, 2.75) is 83.9 Å². The summed E-state index contributed by atoms with van der Waals surface area (Å²) in [6.07, 6.45) is 1.37. The van der Waals surface area contributed by atoms with Crippen molar-refractivity contribution in [3.63, 3.8) is 0 Å². The first-order chi connectivity index (χ1) is 17.5. The lowest BCUT2D eigenvalue weighted by Crippen LogP contribution is -2.58. The van der Waals surface area contributed by atoms with Crippen LogP contribution in [0.5, 0.6) is 5.75 Å². The Labute approximate surface area is 217 Å². The standard InChI is InChI=1S/C26H39N3O8/c1-15(2)22(25(33)27-16(3)26(34)35-5)29-24(32)20(28-23(31)17(4)30)14-18-9-11-19(12-10-18)37-21-8-6-7-13-36-21/h9-12,15-17,20-22,30H,6-8,13-14H2,1-5H3,(H,27,33)(H,28,31)(H,29,32)/t16-,17-,20-,21?,22-/m0/s1. The summed E-state index contributed by atoms with van der Waals surface area (Å²) in [6.45, 7) is 6.92. The Morgan fingerprint density at radius 3 is 2.19 bits per heavy atom. The zero-order valence-electron chi connectivity index (χ0n) is 22.1. The van der Waals surface area contributed by atoms with E-state index in [9.17, 15) is 24.3 Å². The number of methoxy groups -OCH3 is 1. The molecule has 3 amide bonds. The summed E-state index contributed by atoms with van der Waals surface area (Å²) in [6, 6.07) is 4.13. The molecule has 1 fully saturated rings. The summed E-state index contributed by atoms with van der Waals surface area (Å²) >= 11 is 0. The second-order valence-electron chi connectivity index (χ2n) is 9.48. The van der Waals surface area contributed by atoms with Gasteiger partial charge in [-0.3, -0.25) is 14.4 Å². The van der Waals surface area contributed by atoms with Gasteiger partial charge >= 0.3 is 5.97 Å². The molecule has 2 rings (SSSR count). The van der Waals surface area contributed by atoms with E-state index in [1.54, 1.807) is 38.1 Å². The minimum absolute atomic E-state index is 0.107. The van der Waals surface area contributed by atoms with Crippen molar-refractivity contribution >= 4 is 23.7 Å². The number of ether oxygens (including phenoxy) is 3. The Morgan fingerprint density at radius 2 is 1.65 bits per heavy atom. The van der Waals surface area contributed by atoms with Gasteiger partial charge in [0.1, 0.15) is 30.0 Å². The maximum absolute atomic E-state index is 13.2. The van der Waals surface area contributed by atoms with E-state index in [4.69, 9.17) is 9.47 Å². The van der Waals surface area contributed by atoms with Gasteiger partial charge in [0.15, 0.2) is 6.29 Å². The summed E-state index contributed by atoms with van der Waals surface area (Å²) < 4.78 is 16.1. The Balaban J connectivity index is 2.11. The van der Waals surface area contributed by atoms with E-state index in [1.165, 1.54) is 21.0 Å². The molecule has 1 unspecified atom stereocenters. The Bertz CT molecular complexity index is 913. The molecule has 4 N–H and O–H groups in total. The molecule has 1 saturated heterocycles. The molecule has 0 aliphatic carbocycles. The van der Waals surface area contributed by atoms with Gasteiger partial charge < -0.3 is 35.3 Å². The van der Waals surface area contributed by atoms with Gasteiger partial charge in [-0.2, -0.15) is 0 Å². The van der Waals surface area contributed by atoms with E-state index >= 15 is 0 Å². The van der Waals surface area contributed by atoms with E-state index in [0.29, 0.717) is 12.4 Å². The van der Waals surface area contributed by atoms with Crippen molar-refractivity contribution in [2.75, 3.05) is 13.7 Å². The largest absolute Gasteiger partial charge is 0.467 e. The smallest absolute Gasteiger partial charge is 0.328 e. The number of benzene rings is 1. The van der Waals surface area contributed by atoms with Crippen LogP contribution in [0.4, 0.5) is 0 Å². The van der Waals surface area contributed by atoms with E-state index in [0.717, 1.165) is 24.8 Å². The molecular formula is C26H39N3O8. The number of hydrogen-bond acceptors (Lipinski definition) is 8. The van der Waals surface area contributed by atoms with Gasteiger partial charge in [0, 0.05) is 12.8 Å². The number of aliphatic hydroxyl groups is 1. The van der Waals surface area contributed by atoms with E-state index in [2.05, 4.69) is 20.7 Å². The molecule has 1 aromatic rings. The molecular weight excluding hydrogens is 482 g/mol. The van der Waals surface area contributed by atoms with Crippen LogP contribution in [0.15, 0.2) is 24.3 Å². The first-order valence-corrected chi connectivity index (χ1v) is 12.6. The summed E-state index contributed by atoms with van der Waals surface area (Å²) in [7, 11) is 1.21. The molecule has 37 heavy (non-hydrogen) atoms. The Morgan fingerprint density at radius 1 is 0.973 bits per heavy atom. The maximum atomic E-state index is 13.2. The second kappa shape index (κ2) is 14.5. The first kappa shape index (κ1) is 30.0. The lowest BCUT2D eigenvalue weighted by atomic mass is 10.0. The van der Waals surface area contributed by atoms with E-state index < -0.39 is 47.9 Å². The highest BCUT2D eigenvalue weighted by Gasteiger charge is 2.31. The number of esters is 1. The minimum atomic E-state index is -1.33. The summed E-state index contributed by atoms with van der Waals surface area (Å²) in [4.78, 5) is 49.9. The van der Waals surface area contributed by atoms with Gasteiger partial charge in [-0.05, 0) is 50.3 Å². The van der Waals surface area contributed by atoms with E-state index in [1.807, 2.05) is 0 Å². The zero-order valence-corrected chi connectivity index (χ0v) is 22.1. The first-order valence-electron chi connectivity index (χ1n) is 12.6. The number of aliphatic hydroxyl groups excluding tert-OH is 1. The van der Waals surface area contributed by atoms with Crippen LogP contribution in [0, 0.1) is 5.92 Å². The van der Waals surface area contributed by atoms with Gasteiger partial charge in [0.05, 0.1) is 13.7 Å². The van der Waals surface area contributed by atoms with Crippen LogP contribution in [0.1, 0.15) is 52.5 Å². The van der Waals surface area contributed by atoms with Crippen molar-refractivity contribution < 1.29 is 38.5 Å². The summed E-state index contributed by atoms with van der Waals surface area (Å²) in [5.74, 6) is -2.20. The fourth-order valence-corrected chi connectivity index (χ4v) is 3.72. The molecule has 0 saturated carbocycles. The molecule has 1 heterocycles. The number of carbonyl (C=O) groups is 4. The van der Waals surface area contributed by atoms with Crippen LogP contribution in [-0.4, -0.2) is 73.0 Å². The monoisotopic (exact) mass is 521 g/mol. The second-order valence-corrected chi connectivity index (χ2v) is 9.48. The SMILES string of the molecule is COC(=O)[C@H](C)NC(=O)[C@@H](NC(=O)[C@H](Cc1ccc(OC2CCCCO2)cc1)NC(=O)[C@H](C)O)C(C)C. The molecule has 1 aliphatic heterocycles. The highest BCUT2D eigenvalue weighted by atomic mass is 16.7. The number of amides is 3. The fraction of sp³-hybridized carbons (Fsp3) is 0.615. The highest BCUT2D eigenvalue weighted by molar-refractivity contribution is 5.94. The number of carbonyl (C=O) groups excluding carboxylic acids is 4. The molecule has 1 aromatic carbocycles. The maximum Gasteiger partial charge on any atom is 0.328 e. The van der Waals surface area contributed by atoms with Crippen LogP contribution in [0.3, 0.4) is 0 Å². The fourth-order valence-electron chi connectivity index (χ4n) is 3.72. The lowest BCUT2D eigenvalue weighted by Gasteiger charge is -2.26. The zero-order chi connectivity index (χ0) is 27.5. The quantitative estimate of drug-likeness (QED) is 0.295. The molecule has 1 aliphatic rings. The number of rotatable bonds is 12. The third-order valence-corrected chi connectivity index (χ3v) is 5.94. The predicted molar refractivity (Wildman–Crippen MR) is 134 cm³/mol. The van der Waals surface area contributed by atoms with Gasteiger partial charge in [-0.15, -0.1) is 0 Å². The van der Waals surface area contributed by atoms with Gasteiger partial charge in [0.25, 0.3) is 0 Å². The molecule has 11 nitrogen and oxygen atoms in total. The summed E-state index contributed by atoms with van der Waals surface area (Å²) in [5.41, 5.74) is 0.729. The molecule has 0 aromatic heterocycles. The molecule has 0 bridgehead atoms. The minimum Gasteiger partial charge on any atom is -0.467 e. The predicted octanol–water partition coefficient (Wildman–Crippen LogP) is 0.819. The van der Waals surface area contributed by atoms with Crippen molar-refractivity contribution in [1.29, 1.82) is 0 Å². The van der Waals surface area contributed by atoms with Crippen LogP contribution in [0.2, 0.25) is 0 Å². The van der Waals surface area contributed by atoms with Crippen LogP contribution < -0.4 is 20.7 Å². The van der Waals surface area contributed by atoms with Gasteiger partial charge in [-0.1, -0.05) is 26.0 Å². The molecule has 0 radical (unpaired) electrons. The topological polar surface area (TPSA) is 152 Å². The van der Waals surface area contributed by atoms with Crippen LogP contribution >= 0.6 is 0 Å². The average Bonchev–Trinajstić information content (AvgIpc) is 2.87. The molecule has 11 heteroatoms. The normalized spacial score (nSPS) is 18.6. The van der Waals surface area contributed by atoms with Crippen molar-refractivity contribution in [3.05, 3.63) is 29.8 Å². The number of nitrogens with one attached hydrogen (secondary N) is 3. The van der Waals surface area contributed by atoms with Crippen molar-refractivity contribution in [2.24, 2.45) is 5.92 Å². The third-order valence-electron chi connectivity index (χ3n) is 5.94. The third kappa shape index (κ3) is 9.66. The number of hydrogen-bond donors (Lipinski definition) is 4. The molecule has 5 atom stereocenters. The Hall–Kier alpha value is -3.18. The summed E-state index contributed by atoms with van der Waals surface area (Å²) in [5, 5.41) is 17.4. The van der Waals surface area contributed by atoms with Crippen LogP contribution in [0.25, 0.3) is 0 Å². The van der Waals surface area contributed by atoms with Gasteiger partial charge in [0.2, 0.25) is 17.7 Å². The Kier molecular flexibility index (Phi) is 11.8. The molecule has 0 spiro atoms. The van der Waals surface area contributed by atoms with E-state index in [-0.39, 0.29) is 18.6 Å². The van der Waals surface area contributed by atoms with Gasteiger partial charge in [-0.25, -0.2) is 4.79 Å². The van der Waals surface area contributed by atoms with Crippen molar-refractivity contribution in [1.82, 2.24) is 16.0 Å². The van der Waals surface area contributed by atoms with Crippen LogP contribution in [-0.2, 0) is 35.1 Å².